The van der Waals surface area contributed by atoms with Crippen molar-refractivity contribution in [2.45, 2.75) is 59.2 Å². The number of carbonyl (C=O) groups excluding carboxylic acids is 2. The molecule has 1 aliphatic rings. The minimum Gasteiger partial charge on any atom is -0.444 e. The predicted octanol–water partition coefficient (Wildman–Crippen LogP) is 3.37. The van der Waals surface area contributed by atoms with Crippen LogP contribution in [0.1, 0.15) is 47.1 Å². The van der Waals surface area contributed by atoms with Gasteiger partial charge in [0.2, 0.25) is 5.91 Å². The number of anilines is 1. The lowest BCUT2D eigenvalue weighted by atomic mass is 9.93. The van der Waals surface area contributed by atoms with Gasteiger partial charge < -0.3 is 15.4 Å². The summed E-state index contributed by atoms with van der Waals surface area (Å²) in [4.78, 5) is 29.1. The molecule has 0 aliphatic carbocycles. The van der Waals surface area contributed by atoms with Crippen LogP contribution < -0.4 is 10.6 Å². The fraction of sp³-hybridized carbons (Fsp3) is 0.526. The highest BCUT2D eigenvalue weighted by Crippen LogP contribution is 2.24. The molecule has 0 aromatic heterocycles. The Balaban J connectivity index is 2.40. The van der Waals surface area contributed by atoms with Gasteiger partial charge in [0.05, 0.1) is 11.8 Å². The van der Waals surface area contributed by atoms with Gasteiger partial charge in [-0.1, -0.05) is 32.0 Å². The molecule has 0 bridgehead atoms. The van der Waals surface area contributed by atoms with Gasteiger partial charge in [-0.15, -0.1) is 0 Å². The summed E-state index contributed by atoms with van der Waals surface area (Å²) in [7, 11) is 0. The maximum absolute atomic E-state index is 12.3. The van der Waals surface area contributed by atoms with Gasteiger partial charge in [0.1, 0.15) is 11.6 Å². The van der Waals surface area contributed by atoms with Crippen LogP contribution in [0.15, 0.2) is 29.3 Å². The molecule has 0 unspecified atom stereocenters. The smallest absolute Gasteiger partial charge is 0.408 e. The SMILES string of the molecule is CC(C)[C@H](NC(=O)OC(C)(C)C)C1=N[C@@H](C)C(=O)Nc2ccccc21. The van der Waals surface area contributed by atoms with Crippen LogP contribution in [-0.4, -0.2) is 35.4 Å². The first-order chi connectivity index (χ1) is 11.6. The average Bonchev–Trinajstić information content (AvgIpc) is 2.60. The van der Waals surface area contributed by atoms with Crippen LogP contribution in [0.3, 0.4) is 0 Å². The highest BCUT2D eigenvalue weighted by Gasteiger charge is 2.30. The fourth-order valence-corrected chi connectivity index (χ4v) is 2.62. The maximum atomic E-state index is 12.3. The van der Waals surface area contributed by atoms with Crippen molar-refractivity contribution >= 4 is 23.4 Å². The molecular weight excluding hydrogens is 318 g/mol. The summed E-state index contributed by atoms with van der Waals surface area (Å²) >= 11 is 0. The first-order valence-corrected chi connectivity index (χ1v) is 8.56. The molecule has 1 aliphatic heterocycles. The topological polar surface area (TPSA) is 79.8 Å². The van der Waals surface area contributed by atoms with Crippen LogP contribution in [0, 0.1) is 5.92 Å². The van der Waals surface area contributed by atoms with E-state index in [2.05, 4.69) is 15.6 Å². The number of rotatable bonds is 3. The number of hydrogen-bond donors (Lipinski definition) is 2. The standard InChI is InChI=1S/C19H27N3O3/c1-11(2)15(22-18(24)25-19(4,5)6)16-13-9-7-8-10-14(13)21-17(23)12(3)20-16/h7-12,15H,1-6H3,(H,21,23)(H,22,24)/t12-,15-/m0/s1. The van der Waals surface area contributed by atoms with Crippen LogP contribution in [0.25, 0.3) is 0 Å². The Morgan fingerprint density at radius 2 is 1.92 bits per heavy atom. The number of amides is 2. The fourth-order valence-electron chi connectivity index (χ4n) is 2.62. The van der Waals surface area contributed by atoms with Gasteiger partial charge in [-0.25, -0.2) is 4.79 Å². The number of benzodiazepines with no additional fused rings is 1. The van der Waals surface area contributed by atoms with Crippen molar-refractivity contribution in [3.8, 4) is 0 Å². The highest BCUT2D eigenvalue weighted by atomic mass is 16.6. The minimum atomic E-state index is -0.584. The number of carbonyl (C=O) groups is 2. The zero-order valence-corrected chi connectivity index (χ0v) is 15.7. The van der Waals surface area contributed by atoms with Gasteiger partial charge in [0.25, 0.3) is 0 Å². The van der Waals surface area contributed by atoms with Gasteiger partial charge in [0, 0.05) is 11.3 Å². The van der Waals surface area contributed by atoms with Crippen molar-refractivity contribution in [2.75, 3.05) is 5.32 Å². The number of nitrogens with zero attached hydrogens (tertiary/aromatic N) is 1. The Morgan fingerprint density at radius 1 is 1.28 bits per heavy atom. The molecule has 1 heterocycles. The Labute approximate surface area is 149 Å². The Bertz CT molecular complexity index is 689. The molecule has 0 saturated carbocycles. The van der Waals surface area contributed by atoms with Crippen molar-refractivity contribution in [3.63, 3.8) is 0 Å². The van der Waals surface area contributed by atoms with E-state index in [1.165, 1.54) is 0 Å². The van der Waals surface area contributed by atoms with E-state index in [9.17, 15) is 9.59 Å². The van der Waals surface area contributed by atoms with E-state index < -0.39 is 17.7 Å². The van der Waals surface area contributed by atoms with Gasteiger partial charge in [-0.3, -0.25) is 9.79 Å². The number of alkyl carbamates (subject to hydrolysis) is 1. The Kier molecular flexibility index (Phi) is 5.50. The van der Waals surface area contributed by atoms with Crippen molar-refractivity contribution in [1.29, 1.82) is 0 Å². The summed E-state index contributed by atoms with van der Waals surface area (Å²) in [5.74, 6) is -0.0954. The van der Waals surface area contributed by atoms with E-state index in [0.717, 1.165) is 5.56 Å². The summed E-state index contributed by atoms with van der Waals surface area (Å²) in [5, 5.41) is 5.81. The van der Waals surface area contributed by atoms with Gasteiger partial charge in [-0.2, -0.15) is 0 Å². The molecule has 2 atom stereocenters. The third kappa shape index (κ3) is 4.81. The van der Waals surface area contributed by atoms with Crippen LogP contribution in [-0.2, 0) is 9.53 Å². The normalized spacial score (nSPS) is 18.6. The summed E-state index contributed by atoms with van der Waals surface area (Å²) in [6.45, 7) is 11.2. The van der Waals surface area contributed by atoms with E-state index in [0.29, 0.717) is 11.4 Å². The van der Waals surface area contributed by atoms with Gasteiger partial charge in [-0.05, 0) is 39.7 Å². The Hall–Kier alpha value is -2.37. The van der Waals surface area contributed by atoms with Crippen molar-refractivity contribution in [3.05, 3.63) is 29.8 Å². The Morgan fingerprint density at radius 3 is 2.52 bits per heavy atom. The van der Waals surface area contributed by atoms with E-state index in [4.69, 9.17) is 4.74 Å². The number of para-hydroxylation sites is 1. The summed E-state index contributed by atoms with van der Waals surface area (Å²) < 4.78 is 5.39. The van der Waals surface area contributed by atoms with E-state index >= 15 is 0 Å². The van der Waals surface area contributed by atoms with Crippen LogP contribution in [0.5, 0.6) is 0 Å². The number of benzene rings is 1. The summed E-state index contributed by atoms with van der Waals surface area (Å²) in [6, 6.07) is 6.58. The molecule has 6 heteroatoms. The molecule has 0 saturated heterocycles. The summed E-state index contributed by atoms with van der Waals surface area (Å²) in [5.41, 5.74) is 1.61. The monoisotopic (exact) mass is 345 g/mol. The van der Waals surface area contributed by atoms with Crippen molar-refractivity contribution < 1.29 is 14.3 Å². The molecule has 2 rings (SSSR count). The second-order valence-electron chi connectivity index (χ2n) is 7.59. The van der Waals surface area contributed by atoms with Crippen LogP contribution in [0.2, 0.25) is 0 Å². The molecule has 6 nitrogen and oxygen atoms in total. The van der Waals surface area contributed by atoms with E-state index in [1.807, 2.05) is 58.9 Å². The second kappa shape index (κ2) is 7.25. The molecule has 2 N–H and O–H groups in total. The number of nitrogens with one attached hydrogen (secondary N) is 2. The zero-order chi connectivity index (χ0) is 18.8. The van der Waals surface area contributed by atoms with Crippen LogP contribution >= 0.6 is 0 Å². The molecule has 136 valence electrons. The predicted molar refractivity (Wildman–Crippen MR) is 99.1 cm³/mol. The minimum absolute atomic E-state index is 0.0692. The molecule has 0 fully saturated rings. The summed E-state index contributed by atoms with van der Waals surface area (Å²) in [6.07, 6.45) is -0.498. The molecule has 2 amide bonds. The van der Waals surface area contributed by atoms with E-state index in [1.54, 1.807) is 6.92 Å². The molecule has 1 aromatic carbocycles. The quantitative estimate of drug-likeness (QED) is 0.881. The number of fused-ring (bicyclic) bond motifs is 1. The highest BCUT2D eigenvalue weighted by molar-refractivity contribution is 6.14. The lowest BCUT2D eigenvalue weighted by molar-refractivity contribution is -0.116. The molecular formula is C19H27N3O3. The third-order valence-corrected chi connectivity index (χ3v) is 3.81. The average molecular weight is 345 g/mol. The zero-order valence-electron chi connectivity index (χ0n) is 15.7. The third-order valence-electron chi connectivity index (χ3n) is 3.81. The number of ether oxygens (including phenoxy) is 1. The number of aliphatic imine (C=N–C) groups is 1. The second-order valence-corrected chi connectivity index (χ2v) is 7.59. The first-order valence-electron chi connectivity index (χ1n) is 8.56. The lowest BCUT2D eigenvalue weighted by Gasteiger charge is -2.27. The van der Waals surface area contributed by atoms with Gasteiger partial charge in [0.15, 0.2) is 0 Å². The van der Waals surface area contributed by atoms with Gasteiger partial charge >= 0.3 is 6.09 Å². The van der Waals surface area contributed by atoms with Crippen molar-refractivity contribution in [2.24, 2.45) is 10.9 Å². The lowest BCUT2D eigenvalue weighted by Crippen LogP contribution is -2.47. The van der Waals surface area contributed by atoms with Crippen LogP contribution in [0.4, 0.5) is 10.5 Å². The largest absolute Gasteiger partial charge is 0.444 e. The molecule has 1 aromatic rings. The maximum Gasteiger partial charge on any atom is 0.408 e. The molecule has 25 heavy (non-hydrogen) atoms. The number of hydrogen-bond acceptors (Lipinski definition) is 4. The van der Waals surface area contributed by atoms with Crippen molar-refractivity contribution in [1.82, 2.24) is 5.32 Å². The molecule has 0 radical (unpaired) electrons. The molecule has 0 spiro atoms. The first kappa shape index (κ1) is 19.0. The van der Waals surface area contributed by atoms with E-state index in [-0.39, 0.29) is 17.9 Å².